The molecule has 0 N–H and O–H groups in total. The molecular formula is C21H24N2O3S. The highest BCUT2D eigenvalue weighted by molar-refractivity contribution is 7.16. The first-order valence-corrected chi connectivity index (χ1v) is 9.94. The minimum atomic E-state index is -0.257. The average molecular weight is 385 g/mol. The smallest absolute Gasteiger partial charge is 0.279 e. The summed E-state index contributed by atoms with van der Waals surface area (Å²) in [7, 11) is 0. The van der Waals surface area contributed by atoms with Gasteiger partial charge in [0.05, 0.1) is 23.4 Å². The summed E-state index contributed by atoms with van der Waals surface area (Å²) >= 11 is 1.53. The molecule has 0 unspecified atom stereocenters. The number of thiazole rings is 1. The Morgan fingerprint density at radius 1 is 1.11 bits per heavy atom. The molecule has 0 aliphatic carbocycles. The minimum Gasteiger partial charge on any atom is -0.494 e. The fourth-order valence-electron chi connectivity index (χ4n) is 2.91. The van der Waals surface area contributed by atoms with E-state index in [1.807, 2.05) is 19.9 Å². The van der Waals surface area contributed by atoms with Crippen LogP contribution in [0, 0.1) is 6.92 Å². The predicted octanol–water partition coefficient (Wildman–Crippen LogP) is 4.19. The number of para-hydroxylation sites is 1. The topological polar surface area (TPSA) is 52.8 Å². The lowest BCUT2D eigenvalue weighted by Crippen LogP contribution is -2.20. The molecule has 3 rings (SSSR count). The lowest BCUT2D eigenvalue weighted by atomic mass is 10.2. The molecule has 3 aromatic rings. The molecule has 0 radical (unpaired) electrons. The fraction of sp³-hybridized carbons (Fsp3) is 0.333. The van der Waals surface area contributed by atoms with Crippen molar-refractivity contribution in [2.45, 2.75) is 27.3 Å². The van der Waals surface area contributed by atoms with E-state index >= 15 is 0 Å². The van der Waals surface area contributed by atoms with Crippen LogP contribution in [0.1, 0.15) is 29.8 Å². The van der Waals surface area contributed by atoms with E-state index in [9.17, 15) is 4.79 Å². The van der Waals surface area contributed by atoms with Gasteiger partial charge in [-0.3, -0.25) is 4.79 Å². The predicted molar refractivity (Wildman–Crippen MR) is 109 cm³/mol. The maximum atomic E-state index is 12.7. The van der Waals surface area contributed by atoms with Crippen LogP contribution < -0.4 is 9.54 Å². The van der Waals surface area contributed by atoms with E-state index in [4.69, 9.17) is 9.47 Å². The van der Waals surface area contributed by atoms with Crippen LogP contribution in [0.4, 0.5) is 0 Å². The number of hydrogen-bond acceptors (Lipinski definition) is 4. The molecular weight excluding hydrogens is 360 g/mol. The van der Waals surface area contributed by atoms with Crippen molar-refractivity contribution in [3.05, 3.63) is 58.4 Å². The third-order valence-electron chi connectivity index (χ3n) is 4.18. The van der Waals surface area contributed by atoms with Gasteiger partial charge in [0.25, 0.3) is 5.91 Å². The Morgan fingerprint density at radius 2 is 1.89 bits per heavy atom. The van der Waals surface area contributed by atoms with Crippen molar-refractivity contribution in [1.29, 1.82) is 0 Å². The van der Waals surface area contributed by atoms with Crippen molar-refractivity contribution >= 4 is 27.5 Å². The summed E-state index contributed by atoms with van der Waals surface area (Å²) in [5.74, 6) is 0.491. The molecule has 2 aromatic carbocycles. The Bertz CT molecular complexity index is 987. The molecule has 0 saturated heterocycles. The lowest BCUT2D eigenvalue weighted by Gasteiger charge is -2.07. The van der Waals surface area contributed by atoms with E-state index in [0.29, 0.717) is 36.7 Å². The van der Waals surface area contributed by atoms with Gasteiger partial charge in [-0.1, -0.05) is 23.5 Å². The number of ether oxygens (including phenoxy) is 2. The molecule has 0 spiro atoms. The van der Waals surface area contributed by atoms with E-state index in [1.165, 1.54) is 11.3 Å². The van der Waals surface area contributed by atoms with Gasteiger partial charge in [0.1, 0.15) is 5.75 Å². The maximum absolute atomic E-state index is 12.7. The van der Waals surface area contributed by atoms with Crippen molar-refractivity contribution in [2.75, 3.05) is 19.8 Å². The summed E-state index contributed by atoms with van der Waals surface area (Å²) in [4.78, 5) is 17.8. The van der Waals surface area contributed by atoms with Crippen LogP contribution >= 0.6 is 11.3 Å². The standard InChI is InChI=1S/C21H24N2O3S/c1-4-25-14-13-23-19-15(3)7-6-8-18(19)27-21(23)22-20(24)16-9-11-17(12-10-16)26-5-2/h6-12H,4-5,13-14H2,1-3H3. The van der Waals surface area contributed by atoms with E-state index < -0.39 is 0 Å². The zero-order valence-electron chi connectivity index (χ0n) is 15.9. The Hall–Kier alpha value is -2.44. The highest BCUT2D eigenvalue weighted by atomic mass is 32.1. The fourth-order valence-corrected chi connectivity index (χ4v) is 4.04. The van der Waals surface area contributed by atoms with E-state index in [2.05, 4.69) is 28.6 Å². The van der Waals surface area contributed by atoms with Gasteiger partial charge in [0.2, 0.25) is 0 Å². The SMILES string of the molecule is CCOCCn1c(=NC(=O)c2ccc(OCC)cc2)sc2cccc(C)c21. The molecule has 1 amide bonds. The molecule has 27 heavy (non-hydrogen) atoms. The number of aryl methyl sites for hydroxylation is 1. The lowest BCUT2D eigenvalue weighted by molar-refractivity contribution is 0.0996. The average Bonchev–Trinajstić information content (AvgIpc) is 3.01. The summed E-state index contributed by atoms with van der Waals surface area (Å²) in [6.45, 7) is 8.48. The Balaban J connectivity index is 1.99. The van der Waals surface area contributed by atoms with Crippen LogP contribution in [0.25, 0.3) is 10.2 Å². The molecule has 0 bridgehead atoms. The molecule has 0 aliphatic heterocycles. The van der Waals surface area contributed by atoms with Crippen LogP contribution in [0.2, 0.25) is 0 Å². The monoisotopic (exact) mass is 384 g/mol. The van der Waals surface area contributed by atoms with Crippen LogP contribution in [0.5, 0.6) is 5.75 Å². The van der Waals surface area contributed by atoms with Gasteiger partial charge in [0.15, 0.2) is 4.80 Å². The number of amides is 1. The zero-order chi connectivity index (χ0) is 19.2. The number of aromatic nitrogens is 1. The first-order chi connectivity index (χ1) is 13.1. The van der Waals surface area contributed by atoms with Crippen molar-refractivity contribution in [3.8, 4) is 5.75 Å². The first kappa shape index (κ1) is 19.3. The first-order valence-electron chi connectivity index (χ1n) is 9.12. The summed E-state index contributed by atoms with van der Waals surface area (Å²) in [6, 6.07) is 13.3. The van der Waals surface area contributed by atoms with Gasteiger partial charge in [-0.05, 0) is 56.7 Å². The second-order valence-electron chi connectivity index (χ2n) is 6.03. The van der Waals surface area contributed by atoms with E-state index in [-0.39, 0.29) is 5.91 Å². The number of hydrogen-bond donors (Lipinski definition) is 0. The molecule has 0 saturated carbocycles. The number of nitrogens with zero attached hydrogens (tertiary/aromatic N) is 2. The number of carbonyl (C=O) groups excluding carboxylic acids is 1. The molecule has 142 valence electrons. The zero-order valence-corrected chi connectivity index (χ0v) is 16.7. The number of fused-ring (bicyclic) bond motifs is 1. The molecule has 0 fully saturated rings. The summed E-state index contributed by atoms with van der Waals surface area (Å²) in [5.41, 5.74) is 2.82. The van der Waals surface area contributed by atoms with Gasteiger partial charge in [-0.2, -0.15) is 4.99 Å². The second-order valence-corrected chi connectivity index (χ2v) is 7.04. The number of rotatable bonds is 7. The summed E-state index contributed by atoms with van der Waals surface area (Å²) < 4.78 is 14.1. The maximum Gasteiger partial charge on any atom is 0.279 e. The van der Waals surface area contributed by atoms with Gasteiger partial charge in [-0.15, -0.1) is 0 Å². The number of carbonyl (C=O) groups is 1. The Kier molecular flexibility index (Phi) is 6.42. The van der Waals surface area contributed by atoms with Crippen molar-refractivity contribution in [1.82, 2.24) is 4.57 Å². The Labute approximate surface area is 162 Å². The highest BCUT2D eigenvalue weighted by Gasteiger charge is 2.11. The summed E-state index contributed by atoms with van der Waals surface area (Å²) in [6.07, 6.45) is 0. The molecule has 6 heteroatoms. The Morgan fingerprint density at radius 3 is 2.59 bits per heavy atom. The normalized spacial score (nSPS) is 11.9. The van der Waals surface area contributed by atoms with Gasteiger partial charge >= 0.3 is 0 Å². The quantitative estimate of drug-likeness (QED) is 0.574. The second kappa shape index (κ2) is 8.97. The van der Waals surface area contributed by atoms with Crippen molar-refractivity contribution in [2.24, 2.45) is 4.99 Å². The molecule has 1 aromatic heterocycles. The third kappa shape index (κ3) is 4.46. The van der Waals surface area contributed by atoms with E-state index in [1.54, 1.807) is 24.3 Å². The van der Waals surface area contributed by atoms with Crippen LogP contribution in [0.15, 0.2) is 47.5 Å². The molecule has 0 aliphatic rings. The minimum absolute atomic E-state index is 0.257. The van der Waals surface area contributed by atoms with Crippen LogP contribution in [-0.2, 0) is 11.3 Å². The molecule has 1 heterocycles. The van der Waals surface area contributed by atoms with Gasteiger partial charge in [-0.25, -0.2) is 0 Å². The molecule has 5 nitrogen and oxygen atoms in total. The molecule has 0 atom stereocenters. The third-order valence-corrected chi connectivity index (χ3v) is 5.22. The highest BCUT2D eigenvalue weighted by Crippen LogP contribution is 2.21. The van der Waals surface area contributed by atoms with Crippen molar-refractivity contribution < 1.29 is 14.3 Å². The summed E-state index contributed by atoms with van der Waals surface area (Å²) in [5, 5.41) is 0. The van der Waals surface area contributed by atoms with Crippen molar-refractivity contribution in [3.63, 3.8) is 0 Å². The largest absolute Gasteiger partial charge is 0.494 e. The van der Waals surface area contributed by atoms with Gasteiger partial charge < -0.3 is 14.0 Å². The van der Waals surface area contributed by atoms with Gasteiger partial charge in [0, 0.05) is 18.7 Å². The van der Waals surface area contributed by atoms with Crippen LogP contribution in [-0.4, -0.2) is 30.3 Å². The van der Waals surface area contributed by atoms with E-state index in [0.717, 1.165) is 21.5 Å². The number of benzene rings is 2. The van der Waals surface area contributed by atoms with Crippen LogP contribution in [0.3, 0.4) is 0 Å².